The van der Waals surface area contributed by atoms with E-state index in [2.05, 4.69) is 11.6 Å². The predicted octanol–water partition coefficient (Wildman–Crippen LogP) is 2.84. The number of halogens is 2. The molecule has 0 aliphatic heterocycles. The minimum Gasteiger partial charge on any atom is -0.324 e. The van der Waals surface area contributed by atoms with Gasteiger partial charge < -0.3 is 5.73 Å². The Morgan fingerprint density at radius 1 is 1.64 bits per heavy atom. The summed E-state index contributed by atoms with van der Waals surface area (Å²) in [6, 6.07) is 2.61. The van der Waals surface area contributed by atoms with Gasteiger partial charge in [0.1, 0.15) is 5.15 Å². The second kappa shape index (κ2) is 5.08. The highest BCUT2D eigenvalue weighted by Crippen LogP contribution is 2.22. The molecule has 0 saturated carbocycles. The molecule has 1 atom stereocenters. The Bertz CT molecular complexity index is 328. The Labute approximate surface area is 87.6 Å². The lowest BCUT2D eigenvalue weighted by atomic mass is 10.1. The van der Waals surface area contributed by atoms with Gasteiger partial charge in [0.05, 0.1) is 0 Å². The highest BCUT2D eigenvalue weighted by Gasteiger charge is 2.10. The fourth-order valence-electron chi connectivity index (χ4n) is 1.15. The molecule has 0 aliphatic rings. The predicted molar refractivity (Wildman–Crippen MR) is 55.6 cm³/mol. The van der Waals surface area contributed by atoms with Gasteiger partial charge in [0, 0.05) is 11.6 Å². The molecule has 1 rings (SSSR count). The van der Waals surface area contributed by atoms with Crippen LogP contribution in [0, 0.1) is 5.95 Å². The molecule has 14 heavy (non-hydrogen) atoms. The van der Waals surface area contributed by atoms with Gasteiger partial charge in [-0.2, -0.15) is 4.39 Å². The molecule has 1 aromatic rings. The average molecular weight is 215 g/mol. The standard InChI is InChI=1S/C10H12ClFN2/c1-2-3-4-8(13)7-5-6-9(12)14-10(7)11/h2,5-6,8H,1,3-4,13H2. The fraction of sp³-hybridized carbons (Fsp3) is 0.300. The topological polar surface area (TPSA) is 38.9 Å². The highest BCUT2D eigenvalue weighted by molar-refractivity contribution is 6.30. The molecule has 0 aromatic carbocycles. The molecule has 0 amide bonds. The summed E-state index contributed by atoms with van der Waals surface area (Å²) in [6.45, 7) is 3.60. The molecule has 4 heteroatoms. The number of aromatic nitrogens is 1. The molecule has 0 fully saturated rings. The zero-order valence-corrected chi connectivity index (χ0v) is 8.47. The second-order valence-electron chi connectivity index (χ2n) is 2.99. The van der Waals surface area contributed by atoms with Crippen LogP contribution in [0.4, 0.5) is 4.39 Å². The molecular formula is C10H12ClFN2. The molecule has 0 bridgehead atoms. The van der Waals surface area contributed by atoms with Crippen LogP contribution in [0.1, 0.15) is 24.4 Å². The lowest BCUT2D eigenvalue weighted by molar-refractivity contribution is 0.577. The molecule has 76 valence electrons. The van der Waals surface area contributed by atoms with Crippen LogP contribution in [-0.2, 0) is 0 Å². The molecule has 0 saturated heterocycles. The van der Waals surface area contributed by atoms with Crippen molar-refractivity contribution in [2.24, 2.45) is 5.73 Å². The normalized spacial score (nSPS) is 12.5. The highest BCUT2D eigenvalue weighted by atomic mass is 35.5. The zero-order valence-electron chi connectivity index (χ0n) is 7.71. The summed E-state index contributed by atoms with van der Waals surface area (Å²) >= 11 is 5.75. The Kier molecular flexibility index (Phi) is 4.04. The Balaban J connectivity index is 2.78. The Morgan fingerprint density at radius 3 is 2.93 bits per heavy atom. The van der Waals surface area contributed by atoms with Crippen LogP contribution in [0.2, 0.25) is 5.15 Å². The van der Waals surface area contributed by atoms with E-state index in [9.17, 15) is 4.39 Å². The van der Waals surface area contributed by atoms with Crippen molar-refractivity contribution >= 4 is 11.6 Å². The second-order valence-corrected chi connectivity index (χ2v) is 3.34. The number of rotatable bonds is 4. The molecule has 2 nitrogen and oxygen atoms in total. The van der Waals surface area contributed by atoms with Crippen LogP contribution in [0.3, 0.4) is 0 Å². The molecule has 1 aromatic heterocycles. The van der Waals surface area contributed by atoms with Crippen molar-refractivity contribution in [1.29, 1.82) is 0 Å². The van der Waals surface area contributed by atoms with E-state index in [1.54, 1.807) is 12.1 Å². The van der Waals surface area contributed by atoms with Crippen molar-refractivity contribution < 1.29 is 4.39 Å². The van der Waals surface area contributed by atoms with Gasteiger partial charge in [0.25, 0.3) is 0 Å². The van der Waals surface area contributed by atoms with Crippen molar-refractivity contribution in [1.82, 2.24) is 4.98 Å². The van der Waals surface area contributed by atoms with Gasteiger partial charge in [0.2, 0.25) is 5.95 Å². The molecule has 0 radical (unpaired) electrons. The van der Waals surface area contributed by atoms with Crippen LogP contribution in [-0.4, -0.2) is 4.98 Å². The summed E-state index contributed by atoms with van der Waals surface area (Å²) in [4.78, 5) is 3.50. The van der Waals surface area contributed by atoms with Gasteiger partial charge >= 0.3 is 0 Å². The summed E-state index contributed by atoms with van der Waals surface area (Å²) in [5.41, 5.74) is 6.51. The van der Waals surface area contributed by atoms with Crippen LogP contribution >= 0.6 is 11.6 Å². The monoisotopic (exact) mass is 214 g/mol. The maximum absolute atomic E-state index is 12.6. The van der Waals surface area contributed by atoms with E-state index in [0.717, 1.165) is 12.8 Å². The van der Waals surface area contributed by atoms with E-state index >= 15 is 0 Å². The average Bonchev–Trinajstić information content (AvgIpc) is 2.14. The van der Waals surface area contributed by atoms with Crippen molar-refractivity contribution in [3.63, 3.8) is 0 Å². The van der Waals surface area contributed by atoms with Gasteiger partial charge in [0.15, 0.2) is 0 Å². The van der Waals surface area contributed by atoms with Gasteiger partial charge in [-0.05, 0) is 25.0 Å². The first-order valence-electron chi connectivity index (χ1n) is 4.33. The molecule has 2 N–H and O–H groups in total. The van der Waals surface area contributed by atoms with E-state index in [0.29, 0.717) is 5.56 Å². The van der Waals surface area contributed by atoms with E-state index in [1.165, 1.54) is 6.07 Å². The largest absolute Gasteiger partial charge is 0.324 e. The third-order valence-electron chi connectivity index (χ3n) is 1.92. The number of hydrogen-bond donors (Lipinski definition) is 1. The quantitative estimate of drug-likeness (QED) is 0.618. The third kappa shape index (κ3) is 2.79. The van der Waals surface area contributed by atoms with Crippen LogP contribution in [0.25, 0.3) is 0 Å². The number of allylic oxidation sites excluding steroid dienone is 1. The summed E-state index contributed by atoms with van der Waals surface area (Å²) < 4.78 is 12.6. The maximum atomic E-state index is 12.6. The Morgan fingerprint density at radius 2 is 2.36 bits per heavy atom. The number of hydrogen-bond acceptors (Lipinski definition) is 2. The van der Waals surface area contributed by atoms with E-state index in [4.69, 9.17) is 17.3 Å². The van der Waals surface area contributed by atoms with Crippen molar-refractivity contribution in [2.45, 2.75) is 18.9 Å². The van der Waals surface area contributed by atoms with E-state index < -0.39 is 5.95 Å². The van der Waals surface area contributed by atoms with Crippen LogP contribution < -0.4 is 5.73 Å². The van der Waals surface area contributed by atoms with Gasteiger partial charge in [-0.15, -0.1) is 6.58 Å². The van der Waals surface area contributed by atoms with Gasteiger partial charge in [-0.3, -0.25) is 0 Å². The van der Waals surface area contributed by atoms with E-state index in [1.807, 2.05) is 0 Å². The first-order chi connectivity index (χ1) is 6.65. The molecule has 0 spiro atoms. The van der Waals surface area contributed by atoms with Crippen molar-refractivity contribution in [2.75, 3.05) is 0 Å². The summed E-state index contributed by atoms with van der Waals surface area (Å²) in [6.07, 6.45) is 3.32. The van der Waals surface area contributed by atoms with Crippen molar-refractivity contribution in [3.05, 3.63) is 41.5 Å². The first-order valence-corrected chi connectivity index (χ1v) is 4.71. The smallest absolute Gasteiger partial charge is 0.214 e. The third-order valence-corrected chi connectivity index (χ3v) is 2.23. The minimum absolute atomic E-state index is 0.140. The fourth-order valence-corrected chi connectivity index (χ4v) is 1.44. The van der Waals surface area contributed by atoms with Gasteiger partial charge in [-0.25, -0.2) is 4.98 Å². The molecule has 1 unspecified atom stereocenters. The van der Waals surface area contributed by atoms with Crippen molar-refractivity contribution in [3.8, 4) is 0 Å². The van der Waals surface area contributed by atoms with Crippen LogP contribution in [0.5, 0.6) is 0 Å². The number of nitrogens with two attached hydrogens (primary N) is 1. The van der Waals surface area contributed by atoms with Crippen LogP contribution in [0.15, 0.2) is 24.8 Å². The number of nitrogens with zero attached hydrogens (tertiary/aromatic N) is 1. The minimum atomic E-state index is -0.588. The summed E-state index contributed by atoms with van der Waals surface area (Å²) in [7, 11) is 0. The molecular weight excluding hydrogens is 203 g/mol. The lowest BCUT2D eigenvalue weighted by Gasteiger charge is -2.11. The SMILES string of the molecule is C=CCCC(N)c1ccc(F)nc1Cl. The number of pyridine rings is 1. The molecule has 0 aliphatic carbocycles. The van der Waals surface area contributed by atoms with Gasteiger partial charge in [-0.1, -0.05) is 17.7 Å². The Hall–Kier alpha value is -0.930. The maximum Gasteiger partial charge on any atom is 0.214 e. The first kappa shape index (κ1) is 11.1. The molecule has 1 heterocycles. The summed E-state index contributed by atoms with van der Waals surface area (Å²) in [5.74, 6) is -0.588. The lowest BCUT2D eigenvalue weighted by Crippen LogP contribution is -2.11. The summed E-state index contributed by atoms with van der Waals surface area (Å²) in [5, 5.41) is 0.140. The zero-order chi connectivity index (χ0) is 10.6. The van der Waals surface area contributed by atoms with E-state index in [-0.39, 0.29) is 11.2 Å².